The molecule has 0 bridgehead atoms. The summed E-state index contributed by atoms with van der Waals surface area (Å²) in [7, 11) is 2.11. The van der Waals surface area contributed by atoms with Gasteiger partial charge in [0.2, 0.25) is 5.91 Å². The molecule has 84 valence electrons. The molecule has 0 aromatic heterocycles. The summed E-state index contributed by atoms with van der Waals surface area (Å²) in [5.41, 5.74) is 0. The molecule has 3 nitrogen and oxygen atoms in total. The van der Waals surface area contributed by atoms with E-state index in [-0.39, 0.29) is 7.43 Å². The molecule has 0 N–H and O–H groups in total. The normalized spacial score (nSPS) is 17.7. The third-order valence-corrected chi connectivity index (χ3v) is 2.60. The van der Waals surface area contributed by atoms with Gasteiger partial charge in [0.25, 0.3) is 0 Å². The second kappa shape index (κ2) is 6.82. The fraction of sp³-hybridized carbons (Fsp3) is 0.909. The first kappa shape index (κ1) is 13.4. The lowest BCUT2D eigenvalue weighted by Crippen LogP contribution is -2.47. The maximum atomic E-state index is 11.6. The number of unbranched alkanes of at least 4 members (excludes halogenated alkanes) is 1. The summed E-state index contributed by atoms with van der Waals surface area (Å²) < 4.78 is 0. The molecule has 0 unspecified atom stereocenters. The van der Waals surface area contributed by atoms with Gasteiger partial charge in [0.05, 0.1) is 0 Å². The van der Waals surface area contributed by atoms with Gasteiger partial charge in [0.1, 0.15) is 0 Å². The van der Waals surface area contributed by atoms with Gasteiger partial charge in [-0.25, -0.2) is 0 Å². The lowest BCUT2D eigenvalue weighted by atomic mass is 10.2. The molecular formula is C11H24N2O. The zero-order chi connectivity index (χ0) is 9.68. The zero-order valence-corrected chi connectivity index (χ0v) is 8.75. The van der Waals surface area contributed by atoms with Crippen LogP contribution in [0.1, 0.15) is 33.6 Å². The van der Waals surface area contributed by atoms with E-state index in [1.54, 1.807) is 0 Å². The van der Waals surface area contributed by atoms with Gasteiger partial charge in [-0.15, -0.1) is 0 Å². The summed E-state index contributed by atoms with van der Waals surface area (Å²) in [6.45, 7) is 6.01. The van der Waals surface area contributed by atoms with E-state index in [0.29, 0.717) is 5.91 Å². The van der Waals surface area contributed by atoms with Gasteiger partial charge in [0, 0.05) is 32.6 Å². The van der Waals surface area contributed by atoms with Crippen molar-refractivity contribution in [3.05, 3.63) is 0 Å². The summed E-state index contributed by atoms with van der Waals surface area (Å²) >= 11 is 0. The highest BCUT2D eigenvalue weighted by atomic mass is 16.2. The topological polar surface area (TPSA) is 23.6 Å². The molecule has 1 rings (SSSR count). The number of hydrogen-bond donors (Lipinski definition) is 0. The van der Waals surface area contributed by atoms with Crippen LogP contribution in [0.2, 0.25) is 0 Å². The number of rotatable bonds is 3. The largest absolute Gasteiger partial charge is 0.340 e. The van der Waals surface area contributed by atoms with E-state index in [0.717, 1.165) is 45.4 Å². The molecule has 1 fully saturated rings. The number of carbonyl (C=O) groups excluding carboxylic acids is 1. The van der Waals surface area contributed by atoms with Crippen molar-refractivity contribution in [2.75, 3.05) is 33.2 Å². The smallest absolute Gasteiger partial charge is 0.222 e. The number of amides is 1. The molecule has 1 aliphatic rings. The van der Waals surface area contributed by atoms with Gasteiger partial charge in [-0.05, 0) is 13.5 Å². The highest BCUT2D eigenvalue weighted by Crippen LogP contribution is 2.04. The molecule has 0 spiro atoms. The Labute approximate surface area is 88.1 Å². The predicted molar refractivity (Wildman–Crippen MR) is 60.3 cm³/mol. The van der Waals surface area contributed by atoms with Gasteiger partial charge in [-0.1, -0.05) is 20.8 Å². The van der Waals surface area contributed by atoms with Crippen molar-refractivity contribution in [2.45, 2.75) is 33.6 Å². The molecule has 0 atom stereocenters. The first-order valence-electron chi connectivity index (χ1n) is 5.20. The van der Waals surface area contributed by atoms with Gasteiger partial charge >= 0.3 is 0 Å². The first-order valence-corrected chi connectivity index (χ1v) is 5.20. The van der Waals surface area contributed by atoms with Crippen molar-refractivity contribution < 1.29 is 4.79 Å². The lowest BCUT2D eigenvalue weighted by Gasteiger charge is -2.32. The highest BCUT2D eigenvalue weighted by molar-refractivity contribution is 5.76. The van der Waals surface area contributed by atoms with Crippen LogP contribution in [-0.4, -0.2) is 48.9 Å². The summed E-state index contributed by atoms with van der Waals surface area (Å²) in [5, 5.41) is 0. The Hall–Kier alpha value is -0.570. The maximum Gasteiger partial charge on any atom is 0.222 e. The van der Waals surface area contributed by atoms with Crippen LogP contribution in [0.5, 0.6) is 0 Å². The Morgan fingerprint density at radius 3 is 2.29 bits per heavy atom. The quantitative estimate of drug-likeness (QED) is 0.690. The van der Waals surface area contributed by atoms with Gasteiger partial charge < -0.3 is 9.80 Å². The Kier molecular flexibility index (Phi) is 6.54. The van der Waals surface area contributed by atoms with Gasteiger partial charge in [-0.3, -0.25) is 4.79 Å². The van der Waals surface area contributed by atoms with Crippen molar-refractivity contribution in [3.8, 4) is 0 Å². The molecule has 0 aliphatic carbocycles. The number of carbonyl (C=O) groups is 1. The fourth-order valence-corrected chi connectivity index (χ4v) is 1.54. The molecular weight excluding hydrogens is 176 g/mol. The minimum atomic E-state index is 0. The molecule has 1 heterocycles. The predicted octanol–water partition coefficient (Wildman–Crippen LogP) is 1.59. The van der Waals surface area contributed by atoms with E-state index in [2.05, 4.69) is 18.9 Å². The lowest BCUT2D eigenvalue weighted by molar-refractivity contribution is -0.132. The van der Waals surface area contributed by atoms with Crippen LogP contribution in [0, 0.1) is 0 Å². The van der Waals surface area contributed by atoms with Crippen LogP contribution in [0.4, 0.5) is 0 Å². The molecule has 0 aromatic carbocycles. The van der Waals surface area contributed by atoms with Crippen molar-refractivity contribution in [3.63, 3.8) is 0 Å². The molecule has 1 amide bonds. The second-order valence-corrected chi connectivity index (χ2v) is 3.79. The third kappa shape index (κ3) is 4.09. The minimum Gasteiger partial charge on any atom is -0.340 e. The van der Waals surface area contributed by atoms with Crippen LogP contribution in [0.15, 0.2) is 0 Å². The molecule has 1 saturated heterocycles. The van der Waals surface area contributed by atoms with Gasteiger partial charge in [-0.2, -0.15) is 0 Å². The zero-order valence-electron chi connectivity index (χ0n) is 8.75. The van der Waals surface area contributed by atoms with E-state index in [1.165, 1.54) is 0 Å². The first-order chi connectivity index (χ1) is 6.24. The van der Waals surface area contributed by atoms with E-state index >= 15 is 0 Å². The number of piperazine rings is 1. The highest BCUT2D eigenvalue weighted by Gasteiger charge is 2.17. The van der Waals surface area contributed by atoms with E-state index in [1.807, 2.05) is 4.90 Å². The van der Waals surface area contributed by atoms with Crippen molar-refractivity contribution >= 4 is 5.91 Å². The van der Waals surface area contributed by atoms with Crippen LogP contribution < -0.4 is 0 Å². The summed E-state index contributed by atoms with van der Waals surface area (Å²) in [4.78, 5) is 15.8. The molecule has 0 radical (unpaired) electrons. The fourth-order valence-electron chi connectivity index (χ4n) is 1.54. The Balaban J connectivity index is 0.00000169. The minimum absolute atomic E-state index is 0. The number of hydrogen-bond acceptors (Lipinski definition) is 2. The van der Waals surface area contributed by atoms with Crippen LogP contribution in [-0.2, 0) is 4.79 Å². The Morgan fingerprint density at radius 2 is 1.79 bits per heavy atom. The second-order valence-electron chi connectivity index (χ2n) is 3.79. The molecule has 0 saturated carbocycles. The Bertz CT molecular complexity index is 163. The van der Waals surface area contributed by atoms with E-state index in [9.17, 15) is 4.79 Å². The SMILES string of the molecule is C.CCCCC(=O)N1CCN(C)CC1. The summed E-state index contributed by atoms with van der Waals surface area (Å²) in [6, 6.07) is 0. The van der Waals surface area contributed by atoms with E-state index < -0.39 is 0 Å². The number of nitrogens with zero attached hydrogens (tertiary/aromatic N) is 2. The maximum absolute atomic E-state index is 11.6. The Morgan fingerprint density at radius 1 is 1.21 bits per heavy atom. The molecule has 14 heavy (non-hydrogen) atoms. The molecule has 3 heteroatoms. The van der Waals surface area contributed by atoms with Crippen molar-refractivity contribution in [2.24, 2.45) is 0 Å². The summed E-state index contributed by atoms with van der Waals surface area (Å²) in [6.07, 6.45) is 2.88. The average molecular weight is 200 g/mol. The molecule has 0 aromatic rings. The third-order valence-electron chi connectivity index (χ3n) is 2.60. The average Bonchev–Trinajstić information content (AvgIpc) is 2.15. The number of likely N-dealkylation sites (N-methyl/N-ethyl adjacent to an activating group) is 1. The van der Waals surface area contributed by atoms with Crippen LogP contribution in [0.3, 0.4) is 0 Å². The molecule has 1 aliphatic heterocycles. The monoisotopic (exact) mass is 200 g/mol. The van der Waals surface area contributed by atoms with Crippen LogP contribution >= 0.6 is 0 Å². The van der Waals surface area contributed by atoms with Gasteiger partial charge in [0.15, 0.2) is 0 Å². The van der Waals surface area contributed by atoms with Crippen molar-refractivity contribution in [1.29, 1.82) is 0 Å². The summed E-state index contributed by atoms with van der Waals surface area (Å²) in [5.74, 6) is 0.343. The van der Waals surface area contributed by atoms with Crippen LogP contribution in [0.25, 0.3) is 0 Å². The standard InChI is InChI=1S/C10H20N2O.CH4/c1-3-4-5-10(13)12-8-6-11(2)7-9-12;/h3-9H2,1-2H3;1H4. The van der Waals surface area contributed by atoms with E-state index in [4.69, 9.17) is 0 Å². The van der Waals surface area contributed by atoms with Crippen molar-refractivity contribution in [1.82, 2.24) is 9.80 Å².